The maximum Gasteiger partial charge on any atom is 0.233 e. The highest BCUT2D eigenvalue weighted by molar-refractivity contribution is 5.66. The summed E-state index contributed by atoms with van der Waals surface area (Å²) in [6.45, 7) is 4.87. The summed E-state index contributed by atoms with van der Waals surface area (Å²) in [5.41, 5.74) is 1.54. The molecule has 0 spiro atoms. The molecule has 0 radical (unpaired) electrons. The van der Waals surface area contributed by atoms with Gasteiger partial charge in [0.05, 0.1) is 0 Å². The van der Waals surface area contributed by atoms with Gasteiger partial charge in [0.1, 0.15) is 11.9 Å². The molecule has 3 heterocycles. The van der Waals surface area contributed by atoms with Gasteiger partial charge in [0, 0.05) is 29.9 Å². The zero-order valence-corrected chi connectivity index (χ0v) is 16.2. The van der Waals surface area contributed by atoms with Crippen LogP contribution in [0.25, 0.3) is 5.57 Å². The Morgan fingerprint density at radius 2 is 1.96 bits per heavy atom. The first-order valence-electron chi connectivity index (χ1n) is 9.93. The molecular weight excluding hydrogens is 361 g/mol. The van der Waals surface area contributed by atoms with Crippen LogP contribution in [0.2, 0.25) is 0 Å². The Bertz CT molecular complexity index is 869. The van der Waals surface area contributed by atoms with E-state index in [4.69, 9.17) is 0 Å². The first-order chi connectivity index (χ1) is 13.5. The molecule has 8 nitrogen and oxygen atoms in total. The van der Waals surface area contributed by atoms with Crippen LogP contribution >= 0.6 is 0 Å². The van der Waals surface area contributed by atoms with Gasteiger partial charge in [0.15, 0.2) is 11.6 Å². The number of aryl methyl sites for hydroxylation is 2. The van der Waals surface area contributed by atoms with E-state index in [-0.39, 0.29) is 11.9 Å². The minimum Gasteiger partial charge on any atom is -0.386 e. The van der Waals surface area contributed by atoms with Crippen LogP contribution in [0.4, 0.5) is 22.1 Å². The fraction of sp³-hybridized carbons (Fsp3) is 0.579. The summed E-state index contributed by atoms with van der Waals surface area (Å²) in [4.78, 5) is 13.2. The summed E-state index contributed by atoms with van der Waals surface area (Å²) in [7, 11) is 0. The van der Waals surface area contributed by atoms with E-state index in [0.29, 0.717) is 42.6 Å². The lowest BCUT2D eigenvalue weighted by molar-refractivity contribution is 0.165. The van der Waals surface area contributed by atoms with E-state index >= 15 is 0 Å². The SMILES string of the molecule is CC(C)Nc1nc(Nc2cc3n(n2)CCCC3)nc(C2=C(F)C(O)CCC2)n1. The van der Waals surface area contributed by atoms with Gasteiger partial charge in [0.2, 0.25) is 11.9 Å². The number of rotatable bonds is 5. The van der Waals surface area contributed by atoms with Crippen LogP contribution in [0.15, 0.2) is 11.9 Å². The van der Waals surface area contributed by atoms with Gasteiger partial charge >= 0.3 is 0 Å². The summed E-state index contributed by atoms with van der Waals surface area (Å²) in [6.07, 6.45) is 3.82. The van der Waals surface area contributed by atoms with E-state index in [0.717, 1.165) is 19.4 Å². The van der Waals surface area contributed by atoms with Gasteiger partial charge < -0.3 is 15.7 Å². The third-order valence-corrected chi connectivity index (χ3v) is 4.96. The molecule has 2 aliphatic rings. The number of allylic oxidation sites excluding steroid dienone is 1. The number of hydrogen-bond acceptors (Lipinski definition) is 7. The fourth-order valence-electron chi connectivity index (χ4n) is 3.62. The number of nitrogens with one attached hydrogen (secondary N) is 2. The van der Waals surface area contributed by atoms with Gasteiger partial charge in [-0.05, 0) is 52.4 Å². The standard InChI is InChI=1S/C19H26FN7O/c1-11(2)21-18-23-17(13-7-5-8-14(28)16(13)20)24-19(25-18)22-15-10-12-6-3-4-9-27(12)26-15/h10-11,14,28H,3-9H2,1-2H3,(H2,21,22,23,24,25,26). The van der Waals surface area contributed by atoms with Crippen LogP contribution in [0, 0.1) is 0 Å². The average molecular weight is 387 g/mol. The Labute approximate surface area is 163 Å². The van der Waals surface area contributed by atoms with Gasteiger partial charge in [-0.25, -0.2) is 4.39 Å². The Morgan fingerprint density at radius 3 is 2.75 bits per heavy atom. The summed E-state index contributed by atoms with van der Waals surface area (Å²) in [6, 6.07) is 2.11. The van der Waals surface area contributed by atoms with E-state index < -0.39 is 11.9 Å². The quantitative estimate of drug-likeness (QED) is 0.724. The molecule has 0 aromatic carbocycles. The molecule has 1 aliphatic heterocycles. The molecule has 0 bridgehead atoms. The average Bonchev–Trinajstić information content (AvgIpc) is 3.05. The second kappa shape index (κ2) is 7.83. The normalized spacial score (nSPS) is 19.7. The highest BCUT2D eigenvalue weighted by Gasteiger charge is 2.25. The number of aliphatic hydroxyl groups excluding tert-OH is 1. The topological polar surface area (TPSA) is 101 Å². The summed E-state index contributed by atoms with van der Waals surface area (Å²) < 4.78 is 16.5. The fourth-order valence-corrected chi connectivity index (χ4v) is 3.62. The van der Waals surface area contributed by atoms with Crippen molar-refractivity contribution in [3.8, 4) is 0 Å². The molecule has 2 aromatic rings. The van der Waals surface area contributed by atoms with Crippen molar-refractivity contribution in [1.82, 2.24) is 24.7 Å². The summed E-state index contributed by atoms with van der Waals surface area (Å²) in [5, 5.41) is 20.7. The molecule has 1 atom stereocenters. The predicted molar refractivity (Wildman–Crippen MR) is 105 cm³/mol. The molecule has 3 N–H and O–H groups in total. The van der Waals surface area contributed by atoms with Gasteiger partial charge in [0.25, 0.3) is 0 Å². The molecule has 0 saturated heterocycles. The van der Waals surface area contributed by atoms with Crippen LogP contribution in [-0.2, 0) is 13.0 Å². The number of fused-ring (bicyclic) bond motifs is 1. The molecule has 0 fully saturated rings. The second-order valence-electron chi connectivity index (χ2n) is 7.67. The number of halogens is 1. The molecular formula is C19H26FN7O. The van der Waals surface area contributed by atoms with Gasteiger partial charge in [-0.15, -0.1) is 0 Å². The lowest BCUT2D eigenvalue weighted by Crippen LogP contribution is -2.18. The molecule has 2 aromatic heterocycles. The third-order valence-electron chi connectivity index (χ3n) is 4.96. The highest BCUT2D eigenvalue weighted by Crippen LogP contribution is 2.32. The third kappa shape index (κ3) is 3.99. The van der Waals surface area contributed by atoms with E-state index in [1.807, 2.05) is 24.6 Å². The minimum absolute atomic E-state index is 0.110. The predicted octanol–water partition coefficient (Wildman–Crippen LogP) is 3.19. The van der Waals surface area contributed by atoms with Crippen LogP contribution < -0.4 is 10.6 Å². The number of aromatic nitrogens is 5. The van der Waals surface area contributed by atoms with Crippen molar-refractivity contribution in [2.75, 3.05) is 10.6 Å². The Morgan fingerprint density at radius 1 is 1.14 bits per heavy atom. The summed E-state index contributed by atoms with van der Waals surface area (Å²) >= 11 is 0. The zero-order chi connectivity index (χ0) is 19.7. The monoisotopic (exact) mass is 387 g/mol. The molecule has 28 heavy (non-hydrogen) atoms. The maximum atomic E-state index is 14.5. The molecule has 0 amide bonds. The Balaban J connectivity index is 1.68. The molecule has 0 saturated carbocycles. The van der Waals surface area contributed by atoms with Crippen LogP contribution in [0.3, 0.4) is 0 Å². The van der Waals surface area contributed by atoms with Crippen molar-refractivity contribution in [3.63, 3.8) is 0 Å². The molecule has 4 rings (SSSR count). The minimum atomic E-state index is -1.08. The van der Waals surface area contributed by atoms with Crippen molar-refractivity contribution in [3.05, 3.63) is 23.4 Å². The smallest absolute Gasteiger partial charge is 0.233 e. The van der Waals surface area contributed by atoms with Crippen LogP contribution in [0.5, 0.6) is 0 Å². The lowest BCUT2D eigenvalue weighted by Gasteiger charge is -2.19. The maximum absolute atomic E-state index is 14.5. The van der Waals surface area contributed by atoms with Gasteiger partial charge in [-0.3, -0.25) is 4.68 Å². The molecule has 1 aliphatic carbocycles. The second-order valence-corrected chi connectivity index (χ2v) is 7.67. The van der Waals surface area contributed by atoms with Crippen LogP contribution in [-0.4, -0.2) is 42.0 Å². The van der Waals surface area contributed by atoms with Crippen molar-refractivity contribution < 1.29 is 9.50 Å². The first kappa shape index (κ1) is 18.8. The number of hydrogen-bond donors (Lipinski definition) is 3. The first-order valence-corrected chi connectivity index (χ1v) is 9.93. The Hall–Kier alpha value is -2.55. The largest absolute Gasteiger partial charge is 0.386 e. The van der Waals surface area contributed by atoms with E-state index in [1.54, 1.807) is 0 Å². The van der Waals surface area contributed by atoms with E-state index in [1.165, 1.54) is 12.1 Å². The number of anilines is 3. The van der Waals surface area contributed by atoms with Gasteiger partial charge in [-0.2, -0.15) is 20.1 Å². The zero-order valence-electron chi connectivity index (χ0n) is 16.2. The molecule has 9 heteroatoms. The highest BCUT2D eigenvalue weighted by atomic mass is 19.1. The molecule has 1 unspecified atom stereocenters. The van der Waals surface area contributed by atoms with Crippen molar-refractivity contribution >= 4 is 23.3 Å². The Kier molecular flexibility index (Phi) is 5.25. The van der Waals surface area contributed by atoms with Crippen molar-refractivity contribution in [1.29, 1.82) is 0 Å². The van der Waals surface area contributed by atoms with Gasteiger partial charge in [-0.1, -0.05) is 0 Å². The molecule has 150 valence electrons. The number of aliphatic hydroxyl groups is 1. The lowest BCUT2D eigenvalue weighted by atomic mass is 9.96. The number of nitrogens with zero attached hydrogens (tertiary/aromatic N) is 5. The van der Waals surface area contributed by atoms with Crippen molar-refractivity contribution in [2.45, 2.75) is 71.1 Å². The van der Waals surface area contributed by atoms with E-state index in [2.05, 4.69) is 30.7 Å². The summed E-state index contributed by atoms with van der Waals surface area (Å²) in [5.74, 6) is 1.05. The van der Waals surface area contributed by atoms with Crippen molar-refractivity contribution in [2.24, 2.45) is 0 Å². The van der Waals surface area contributed by atoms with Crippen LogP contribution in [0.1, 0.15) is 57.5 Å². The van der Waals surface area contributed by atoms with E-state index in [9.17, 15) is 9.50 Å².